The van der Waals surface area contributed by atoms with Crippen molar-refractivity contribution in [3.05, 3.63) is 0 Å². The van der Waals surface area contributed by atoms with E-state index in [-0.39, 0.29) is 11.7 Å². The second-order valence-electron chi connectivity index (χ2n) is 3.29. The molecule has 2 unspecified atom stereocenters. The molecule has 4 heteroatoms. The van der Waals surface area contributed by atoms with Crippen molar-refractivity contribution >= 4 is 17.4 Å². The molecule has 0 aliphatic heterocycles. The van der Waals surface area contributed by atoms with Gasteiger partial charge in [0.25, 0.3) is 0 Å². The summed E-state index contributed by atoms with van der Waals surface area (Å²) >= 11 is 5.71. The van der Waals surface area contributed by atoms with Crippen molar-refractivity contribution in [2.45, 2.75) is 24.6 Å². The van der Waals surface area contributed by atoms with E-state index in [2.05, 4.69) is 0 Å². The van der Waals surface area contributed by atoms with Gasteiger partial charge in [-0.15, -0.1) is 11.6 Å². The Labute approximate surface area is 81.9 Å². The second kappa shape index (κ2) is 4.25. The van der Waals surface area contributed by atoms with Gasteiger partial charge < -0.3 is 0 Å². The van der Waals surface area contributed by atoms with Crippen molar-refractivity contribution in [2.24, 2.45) is 11.8 Å². The maximum atomic E-state index is 11.0. The van der Waals surface area contributed by atoms with Crippen molar-refractivity contribution in [3.63, 3.8) is 0 Å². The van der Waals surface area contributed by atoms with Crippen molar-refractivity contribution in [2.75, 3.05) is 0 Å². The van der Waals surface area contributed by atoms with Gasteiger partial charge >= 0.3 is 0 Å². The molecular formula is C9H9ClN2O. The maximum absolute atomic E-state index is 11.0. The molecule has 0 aromatic heterocycles. The summed E-state index contributed by atoms with van der Waals surface area (Å²) in [5, 5.41) is 16.7. The molecule has 0 aromatic rings. The lowest BCUT2D eigenvalue weighted by atomic mass is 9.95. The predicted molar refractivity (Wildman–Crippen MR) is 46.7 cm³/mol. The van der Waals surface area contributed by atoms with E-state index >= 15 is 0 Å². The average Bonchev–Trinajstić information content (AvgIpc) is 2.42. The minimum Gasteiger partial charge on any atom is -0.298 e. The molecule has 1 rings (SSSR count). The Kier molecular flexibility index (Phi) is 3.28. The molecule has 0 spiro atoms. The molecule has 0 heterocycles. The van der Waals surface area contributed by atoms with Gasteiger partial charge in [-0.2, -0.15) is 10.5 Å². The fraction of sp³-hybridized carbons (Fsp3) is 0.667. The van der Waals surface area contributed by atoms with Crippen LogP contribution in [-0.4, -0.2) is 11.2 Å². The first-order valence-corrected chi connectivity index (χ1v) is 4.57. The Hall–Kier alpha value is -1.06. The Bertz CT molecular complexity index is 275. The zero-order valence-corrected chi connectivity index (χ0v) is 7.79. The first-order valence-electron chi connectivity index (χ1n) is 4.13. The summed E-state index contributed by atoms with van der Waals surface area (Å²) in [6, 6.07) is 3.79. The third kappa shape index (κ3) is 2.44. The highest BCUT2D eigenvalue weighted by Crippen LogP contribution is 2.31. The van der Waals surface area contributed by atoms with Crippen molar-refractivity contribution < 1.29 is 4.79 Å². The van der Waals surface area contributed by atoms with E-state index < -0.39 is 11.3 Å². The van der Waals surface area contributed by atoms with Crippen LogP contribution in [0.5, 0.6) is 0 Å². The SMILES string of the molecule is N#CC(C#N)CC1CC(=O)C(Cl)C1. The van der Waals surface area contributed by atoms with Gasteiger partial charge in [0.2, 0.25) is 0 Å². The van der Waals surface area contributed by atoms with Crippen molar-refractivity contribution in [1.82, 2.24) is 0 Å². The molecule has 0 radical (unpaired) electrons. The van der Waals surface area contributed by atoms with E-state index in [1.165, 1.54) is 0 Å². The number of carbonyl (C=O) groups excluding carboxylic acids is 1. The Morgan fingerprint density at radius 2 is 2.15 bits per heavy atom. The number of halogens is 1. The van der Waals surface area contributed by atoms with Crippen LogP contribution >= 0.6 is 11.6 Å². The number of rotatable bonds is 2. The third-order valence-electron chi connectivity index (χ3n) is 2.26. The predicted octanol–water partition coefficient (Wildman–Crippen LogP) is 1.63. The van der Waals surface area contributed by atoms with Crippen LogP contribution in [0.3, 0.4) is 0 Å². The maximum Gasteiger partial charge on any atom is 0.150 e. The van der Waals surface area contributed by atoms with Crippen LogP contribution in [0.1, 0.15) is 19.3 Å². The van der Waals surface area contributed by atoms with Crippen molar-refractivity contribution in [3.8, 4) is 12.1 Å². The van der Waals surface area contributed by atoms with Crippen LogP contribution in [0.2, 0.25) is 0 Å². The molecule has 3 nitrogen and oxygen atoms in total. The number of carbonyl (C=O) groups is 1. The average molecular weight is 197 g/mol. The number of alkyl halides is 1. The summed E-state index contributed by atoms with van der Waals surface area (Å²) in [6.07, 6.45) is 1.51. The molecule has 0 aromatic carbocycles. The summed E-state index contributed by atoms with van der Waals surface area (Å²) in [7, 11) is 0. The molecule has 68 valence electrons. The quantitative estimate of drug-likeness (QED) is 0.631. The largest absolute Gasteiger partial charge is 0.298 e. The molecule has 13 heavy (non-hydrogen) atoms. The lowest BCUT2D eigenvalue weighted by Gasteiger charge is -2.06. The minimum atomic E-state index is -0.597. The summed E-state index contributed by atoms with van der Waals surface area (Å²) in [6.45, 7) is 0. The van der Waals surface area contributed by atoms with E-state index in [9.17, 15) is 4.79 Å². The molecule has 1 aliphatic rings. The monoisotopic (exact) mass is 196 g/mol. The topological polar surface area (TPSA) is 64.7 Å². The van der Waals surface area contributed by atoms with Crippen LogP contribution in [0, 0.1) is 34.5 Å². The lowest BCUT2D eigenvalue weighted by molar-refractivity contribution is -0.117. The molecule has 0 N–H and O–H groups in total. The van der Waals surface area contributed by atoms with Crippen LogP contribution in [0.25, 0.3) is 0 Å². The summed E-state index contributed by atoms with van der Waals surface area (Å²) in [4.78, 5) is 11.0. The molecular weight excluding hydrogens is 188 g/mol. The molecule has 0 bridgehead atoms. The van der Waals surface area contributed by atoms with E-state index in [0.717, 1.165) is 0 Å². The van der Waals surface area contributed by atoms with E-state index in [1.807, 2.05) is 12.1 Å². The van der Waals surface area contributed by atoms with Gasteiger partial charge in [-0.05, 0) is 18.8 Å². The van der Waals surface area contributed by atoms with Gasteiger partial charge in [0.15, 0.2) is 5.78 Å². The minimum absolute atomic E-state index is 0.0429. The zero-order valence-electron chi connectivity index (χ0n) is 7.03. The normalized spacial score (nSPS) is 27.2. The molecule has 1 fully saturated rings. The first-order chi connectivity index (χ1) is 6.17. The number of nitriles is 2. The molecule has 2 atom stereocenters. The molecule has 0 saturated heterocycles. The second-order valence-corrected chi connectivity index (χ2v) is 3.81. The standard InChI is InChI=1S/C9H9ClN2O/c10-8-2-6(3-9(8)13)1-7(4-11)5-12/h6-8H,1-3H2. The fourth-order valence-corrected chi connectivity index (χ4v) is 1.91. The highest BCUT2D eigenvalue weighted by molar-refractivity contribution is 6.31. The lowest BCUT2D eigenvalue weighted by Crippen LogP contribution is -2.03. The van der Waals surface area contributed by atoms with Gasteiger partial charge in [0.05, 0.1) is 17.5 Å². The summed E-state index contributed by atoms with van der Waals surface area (Å²) < 4.78 is 0. The van der Waals surface area contributed by atoms with Gasteiger partial charge in [0, 0.05) is 6.42 Å². The van der Waals surface area contributed by atoms with E-state index in [4.69, 9.17) is 22.1 Å². The van der Waals surface area contributed by atoms with Crippen LogP contribution in [-0.2, 0) is 4.79 Å². The summed E-state index contributed by atoms with van der Waals surface area (Å²) in [5.74, 6) is -0.430. The van der Waals surface area contributed by atoms with Crippen LogP contribution in [0.15, 0.2) is 0 Å². The highest BCUT2D eigenvalue weighted by Gasteiger charge is 2.32. The van der Waals surface area contributed by atoms with Gasteiger partial charge in [-0.25, -0.2) is 0 Å². The Morgan fingerprint density at radius 1 is 1.54 bits per heavy atom. The van der Waals surface area contributed by atoms with E-state index in [1.54, 1.807) is 0 Å². The fourth-order valence-electron chi connectivity index (χ4n) is 1.57. The van der Waals surface area contributed by atoms with Crippen molar-refractivity contribution in [1.29, 1.82) is 10.5 Å². The number of hydrogen-bond donors (Lipinski definition) is 0. The third-order valence-corrected chi connectivity index (χ3v) is 2.68. The molecule has 1 aliphatic carbocycles. The number of Topliss-reactive ketones (excluding diaryl/α,β-unsaturated/α-hetero) is 1. The number of hydrogen-bond acceptors (Lipinski definition) is 3. The van der Waals surface area contributed by atoms with Crippen LogP contribution in [0.4, 0.5) is 0 Å². The smallest absolute Gasteiger partial charge is 0.150 e. The Morgan fingerprint density at radius 3 is 2.54 bits per heavy atom. The van der Waals surface area contributed by atoms with Gasteiger partial charge in [0.1, 0.15) is 5.92 Å². The van der Waals surface area contributed by atoms with Gasteiger partial charge in [-0.3, -0.25) is 4.79 Å². The number of ketones is 1. The highest BCUT2D eigenvalue weighted by atomic mass is 35.5. The zero-order chi connectivity index (χ0) is 9.84. The van der Waals surface area contributed by atoms with Gasteiger partial charge in [-0.1, -0.05) is 0 Å². The van der Waals surface area contributed by atoms with Crippen LogP contribution < -0.4 is 0 Å². The molecule has 1 saturated carbocycles. The first kappa shape index (κ1) is 10.0. The van der Waals surface area contributed by atoms with E-state index in [0.29, 0.717) is 19.3 Å². The Balaban J connectivity index is 2.46. The molecule has 0 amide bonds. The summed E-state index contributed by atoms with van der Waals surface area (Å²) in [5.41, 5.74) is 0. The number of nitrogens with zero attached hydrogens (tertiary/aromatic N) is 2.